The lowest BCUT2D eigenvalue weighted by molar-refractivity contribution is 1.46. The molecule has 0 spiro atoms. The Morgan fingerprint density at radius 3 is 2.22 bits per heavy atom. The molecule has 3 aromatic rings. The molecule has 0 fully saturated rings. The number of hydrogen-bond acceptors (Lipinski definition) is 2. The van der Waals surface area contributed by atoms with E-state index in [2.05, 4.69) is 49.4 Å². The highest BCUT2D eigenvalue weighted by Crippen LogP contribution is 2.28. The van der Waals surface area contributed by atoms with Gasteiger partial charge in [-0.2, -0.15) is 0 Å². The number of benzene rings is 3. The summed E-state index contributed by atoms with van der Waals surface area (Å²) < 4.78 is 0. The Labute approximate surface area is 137 Å². The Balaban J connectivity index is 2.01. The molecule has 0 aliphatic rings. The molecular formula is C21H20N2. The fourth-order valence-electron chi connectivity index (χ4n) is 2.57. The van der Waals surface area contributed by atoms with Gasteiger partial charge < -0.3 is 11.5 Å². The highest BCUT2D eigenvalue weighted by atomic mass is 14.5. The van der Waals surface area contributed by atoms with Gasteiger partial charge in [-0.3, -0.25) is 0 Å². The lowest BCUT2D eigenvalue weighted by atomic mass is 9.97. The Kier molecular flexibility index (Phi) is 4.15. The minimum Gasteiger partial charge on any atom is -0.399 e. The van der Waals surface area contributed by atoms with Crippen LogP contribution < -0.4 is 11.5 Å². The van der Waals surface area contributed by atoms with E-state index in [1.165, 1.54) is 11.1 Å². The maximum absolute atomic E-state index is 5.99. The standard InChI is InChI=1S/C21H20N2/c1-15-3-2-4-18(13-15)21-14-20(23)12-9-17(21)8-5-16-6-10-19(22)11-7-16/h2-14H,22-23H2,1H3. The van der Waals surface area contributed by atoms with Crippen LogP contribution in [0.5, 0.6) is 0 Å². The van der Waals surface area contributed by atoms with Crippen LogP contribution in [0.3, 0.4) is 0 Å². The van der Waals surface area contributed by atoms with E-state index in [-0.39, 0.29) is 0 Å². The van der Waals surface area contributed by atoms with Crippen LogP contribution in [0.4, 0.5) is 11.4 Å². The molecule has 0 unspecified atom stereocenters. The fraction of sp³-hybridized carbons (Fsp3) is 0.0476. The first-order chi connectivity index (χ1) is 11.1. The highest BCUT2D eigenvalue weighted by Gasteiger charge is 2.04. The van der Waals surface area contributed by atoms with Crippen LogP contribution in [0, 0.1) is 6.92 Å². The lowest BCUT2D eigenvalue weighted by Crippen LogP contribution is -1.89. The third-order valence-electron chi connectivity index (χ3n) is 3.80. The van der Waals surface area contributed by atoms with Gasteiger partial charge in [-0.15, -0.1) is 0 Å². The number of aryl methyl sites for hydroxylation is 1. The summed E-state index contributed by atoms with van der Waals surface area (Å²) in [6, 6.07) is 22.3. The second-order valence-corrected chi connectivity index (χ2v) is 5.72. The van der Waals surface area contributed by atoms with Gasteiger partial charge in [-0.05, 0) is 53.4 Å². The zero-order valence-electron chi connectivity index (χ0n) is 13.2. The summed E-state index contributed by atoms with van der Waals surface area (Å²) in [6.45, 7) is 2.10. The molecule has 0 aliphatic carbocycles. The van der Waals surface area contributed by atoms with Crippen LogP contribution in [0.15, 0.2) is 66.7 Å². The van der Waals surface area contributed by atoms with Crippen molar-refractivity contribution in [3.05, 3.63) is 83.4 Å². The van der Waals surface area contributed by atoms with Gasteiger partial charge in [-0.1, -0.05) is 60.2 Å². The molecule has 0 atom stereocenters. The molecule has 114 valence electrons. The number of nitrogen functional groups attached to an aromatic ring is 2. The molecule has 0 aliphatic heterocycles. The van der Waals surface area contributed by atoms with Crippen molar-refractivity contribution in [3.8, 4) is 11.1 Å². The highest BCUT2D eigenvalue weighted by molar-refractivity contribution is 5.83. The molecule has 0 radical (unpaired) electrons. The Morgan fingerprint density at radius 1 is 0.739 bits per heavy atom. The molecule has 0 saturated heterocycles. The first-order valence-electron chi connectivity index (χ1n) is 7.62. The van der Waals surface area contributed by atoms with Gasteiger partial charge >= 0.3 is 0 Å². The van der Waals surface area contributed by atoms with Gasteiger partial charge in [0.05, 0.1) is 0 Å². The quantitative estimate of drug-likeness (QED) is 0.528. The minimum absolute atomic E-state index is 0.770. The third-order valence-corrected chi connectivity index (χ3v) is 3.80. The summed E-state index contributed by atoms with van der Waals surface area (Å²) in [5.41, 5.74) is 19.1. The maximum Gasteiger partial charge on any atom is 0.0320 e. The van der Waals surface area contributed by atoms with E-state index in [1.807, 2.05) is 36.4 Å². The van der Waals surface area contributed by atoms with Crippen molar-refractivity contribution >= 4 is 23.5 Å². The molecular weight excluding hydrogens is 280 g/mol. The van der Waals surface area contributed by atoms with E-state index < -0.39 is 0 Å². The van der Waals surface area contributed by atoms with Crippen LogP contribution in [0.2, 0.25) is 0 Å². The number of anilines is 2. The summed E-state index contributed by atoms with van der Waals surface area (Å²) >= 11 is 0. The van der Waals surface area contributed by atoms with Gasteiger partial charge in [-0.25, -0.2) is 0 Å². The van der Waals surface area contributed by atoms with Gasteiger partial charge in [0.25, 0.3) is 0 Å². The van der Waals surface area contributed by atoms with E-state index in [0.717, 1.165) is 28.1 Å². The van der Waals surface area contributed by atoms with Crippen LogP contribution in [0.25, 0.3) is 23.3 Å². The van der Waals surface area contributed by atoms with E-state index in [9.17, 15) is 0 Å². The predicted molar refractivity (Wildman–Crippen MR) is 101 cm³/mol. The Bertz CT molecular complexity index is 846. The molecule has 2 nitrogen and oxygen atoms in total. The fourth-order valence-corrected chi connectivity index (χ4v) is 2.57. The number of hydrogen-bond donors (Lipinski definition) is 2. The smallest absolute Gasteiger partial charge is 0.0320 e. The first kappa shape index (κ1) is 14.9. The SMILES string of the molecule is Cc1cccc(-c2cc(N)ccc2C=Cc2ccc(N)cc2)c1. The van der Waals surface area contributed by atoms with Crippen molar-refractivity contribution in [2.75, 3.05) is 11.5 Å². The van der Waals surface area contributed by atoms with Crippen molar-refractivity contribution in [1.82, 2.24) is 0 Å². The van der Waals surface area contributed by atoms with Gasteiger partial charge in [0.15, 0.2) is 0 Å². The number of nitrogens with two attached hydrogens (primary N) is 2. The predicted octanol–water partition coefficient (Wildman–Crippen LogP) is 5.00. The second-order valence-electron chi connectivity index (χ2n) is 5.72. The zero-order chi connectivity index (χ0) is 16.2. The van der Waals surface area contributed by atoms with Crippen molar-refractivity contribution < 1.29 is 0 Å². The molecule has 0 amide bonds. The largest absolute Gasteiger partial charge is 0.399 e. The van der Waals surface area contributed by atoms with Crippen LogP contribution >= 0.6 is 0 Å². The van der Waals surface area contributed by atoms with Gasteiger partial charge in [0.1, 0.15) is 0 Å². The van der Waals surface area contributed by atoms with Crippen molar-refractivity contribution in [2.45, 2.75) is 6.92 Å². The van der Waals surface area contributed by atoms with Gasteiger partial charge in [0.2, 0.25) is 0 Å². The van der Waals surface area contributed by atoms with E-state index in [1.54, 1.807) is 0 Å². The number of rotatable bonds is 3. The molecule has 4 N–H and O–H groups in total. The summed E-state index contributed by atoms with van der Waals surface area (Å²) in [5, 5.41) is 0. The third kappa shape index (κ3) is 3.61. The van der Waals surface area contributed by atoms with Gasteiger partial charge in [0, 0.05) is 11.4 Å². The minimum atomic E-state index is 0.770. The molecule has 23 heavy (non-hydrogen) atoms. The summed E-state index contributed by atoms with van der Waals surface area (Å²) in [6.07, 6.45) is 4.20. The topological polar surface area (TPSA) is 52.0 Å². The van der Waals surface area contributed by atoms with E-state index >= 15 is 0 Å². The monoisotopic (exact) mass is 300 g/mol. The average molecular weight is 300 g/mol. The average Bonchev–Trinajstić information content (AvgIpc) is 2.55. The molecule has 0 bridgehead atoms. The molecule has 0 heterocycles. The second kappa shape index (κ2) is 6.41. The van der Waals surface area contributed by atoms with Crippen LogP contribution in [0.1, 0.15) is 16.7 Å². The van der Waals surface area contributed by atoms with Crippen molar-refractivity contribution in [1.29, 1.82) is 0 Å². The van der Waals surface area contributed by atoms with Crippen molar-refractivity contribution in [2.24, 2.45) is 0 Å². The Hall–Kier alpha value is -3.00. The molecule has 0 saturated carbocycles. The van der Waals surface area contributed by atoms with Crippen LogP contribution in [-0.4, -0.2) is 0 Å². The van der Waals surface area contributed by atoms with E-state index in [0.29, 0.717) is 0 Å². The first-order valence-corrected chi connectivity index (χ1v) is 7.62. The molecule has 0 aromatic heterocycles. The summed E-state index contributed by atoms with van der Waals surface area (Å²) in [5.74, 6) is 0. The Morgan fingerprint density at radius 2 is 1.48 bits per heavy atom. The maximum atomic E-state index is 5.99. The summed E-state index contributed by atoms with van der Waals surface area (Å²) in [4.78, 5) is 0. The van der Waals surface area contributed by atoms with E-state index in [4.69, 9.17) is 11.5 Å². The molecule has 3 rings (SSSR count). The van der Waals surface area contributed by atoms with Crippen molar-refractivity contribution in [3.63, 3.8) is 0 Å². The molecule has 3 aromatic carbocycles. The zero-order valence-corrected chi connectivity index (χ0v) is 13.2. The van der Waals surface area contributed by atoms with Crippen LogP contribution in [-0.2, 0) is 0 Å². The molecule has 2 heteroatoms. The summed E-state index contributed by atoms with van der Waals surface area (Å²) in [7, 11) is 0. The lowest BCUT2D eigenvalue weighted by Gasteiger charge is -2.09. The normalized spacial score (nSPS) is 11.0.